The summed E-state index contributed by atoms with van der Waals surface area (Å²) in [5, 5.41) is 0.432. The number of nitrogens with zero attached hydrogens (tertiary/aromatic N) is 2. The lowest BCUT2D eigenvalue weighted by molar-refractivity contribution is 0.457. The predicted molar refractivity (Wildman–Crippen MR) is 70.3 cm³/mol. The molecule has 1 heterocycles. The van der Waals surface area contributed by atoms with Crippen molar-refractivity contribution in [3.63, 3.8) is 0 Å². The largest absolute Gasteiger partial charge is 0.439 e. The molecule has 1 aliphatic carbocycles. The molecular weight excluding hydrogens is 248 g/mol. The summed E-state index contributed by atoms with van der Waals surface area (Å²) in [5.41, 5.74) is 3.57. The zero-order valence-electron chi connectivity index (χ0n) is 10.1. The minimum atomic E-state index is 0.432. The maximum atomic E-state index is 5.94. The van der Waals surface area contributed by atoms with E-state index in [2.05, 4.69) is 22.1 Å². The van der Waals surface area contributed by atoms with Gasteiger partial charge in [0.05, 0.1) is 0 Å². The molecule has 0 fully saturated rings. The van der Waals surface area contributed by atoms with E-state index in [0.29, 0.717) is 11.0 Å². The number of hydrogen-bond donors (Lipinski definition) is 0. The Morgan fingerprint density at radius 3 is 2.89 bits per heavy atom. The van der Waals surface area contributed by atoms with E-state index >= 15 is 0 Å². The molecule has 3 rings (SSSR count). The summed E-state index contributed by atoms with van der Waals surface area (Å²) >= 11 is 5.94. The number of rotatable bonds is 2. The highest BCUT2D eigenvalue weighted by molar-refractivity contribution is 6.30. The Balaban J connectivity index is 1.90. The van der Waals surface area contributed by atoms with E-state index in [0.717, 1.165) is 17.7 Å². The van der Waals surface area contributed by atoms with Gasteiger partial charge in [-0.3, -0.25) is 0 Å². The lowest BCUT2D eigenvalue weighted by Crippen LogP contribution is -1.94. The van der Waals surface area contributed by atoms with E-state index in [4.69, 9.17) is 16.3 Å². The van der Waals surface area contributed by atoms with Gasteiger partial charge in [0.1, 0.15) is 17.2 Å². The fraction of sp³-hybridized carbons (Fsp3) is 0.286. The summed E-state index contributed by atoms with van der Waals surface area (Å²) in [6.45, 7) is 1.85. The number of ether oxygens (including phenoxy) is 1. The molecule has 0 atom stereocenters. The summed E-state index contributed by atoms with van der Waals surface area (Å²) in [5.74, 6) is 1.33. The third-order valence-electron chi connectivity index (χ3n) is 3.26. The van der Waals surface area contributed by atoms with Gasteiger partial charge in [0.2, 0.25) is 5.88 Å². The molecule has 1 aliphatic rings. The van der Waals surface area contributed by atoms with Crippen molar-refractivity contribution >= 4 is 11.6 Å². The normalized spacial score (nSPS) is 13.4. The number of halogens is 1. The SMILES string of the molecule is Cc1c(Cl)ncnc1Oc1ccc2c(c1)CCC2. The Labute approximate surface area is 111 Å². The molecule has 0 N–H and O–H groups in total. The zero-order valence-corrected chi connectivity index (χ0v) is 10.9. The van der Waals surface area contributed by atoms with Gasteiger partial charge in [0.15, 0.2) is 0 Å². The quantitative estimate of drug-likeness (QED) is 0.772. The molecule has 0 saturated carbocycles. The van der Waals surface area contributed by atoms with E-state index in [1.54, 1.807) is 0 Å². The second-order valence-electron chi connectivity index (χ2n) is 4.48. The van der Waals surface area contributed by atoms with Crippen LogP contribution in [0.4, 0.5) is 0 Å². The van der Waals surface area contributed by atoms with E-state index < -0.39 is 0 Å². The third kappa shape index (κ3) is 2.06. The van der Waals surface area contributed by atoms with Crippen LogP contribution in [-0.2, 0) is 12.8 Å². The molecule has 1 aromatic heterocycles. The van der Waals surface area contributed by atoms with Crippen LogP contribution >= 0.6 is 11.6 Å². The second-order valence-corrected chi connectivity index (χ2v) is 4.84. The Morgan fingerprint density at radius 1 is 1.17 bits per heavy atom. The summed E-state index contributed by atoms with van der Waals surface area (Å²) < 4.78 is 5.78. The van der Waals surface area contributed by atoms with Crippen molar-refractivity contribution < 1.29 is 4.74 Å². The first kappa shape index (κ1) is 11.5. The molecule has 0 spiro atoms. The number of benzene rings is 1. The van der Waals surface area contributed by atoms with Crippen LogP contribution < -0.4 is 4.74 Å². The van der Waals surface area contributed by atoms with E-state index in [-0.39, 0.29) is 0 Å². The summed E-state index contributed by atoms with van der Waals surface area (Å²) in [6, 6.07) is 6.22. The van der Waals surface area contributed by atoms with Crippen LogP contribution in [0.5, 0.6) is 11.6 Å². The van der Waals surface area contributed by atoms with Gasteiger partial charge >= 0.3 is 0 Å². The van der Waals surface area contributed by atoms with Crippen molar-refractivity contribution in [1.82, 2.24) is 9.97 Å². The standard InChI is InChI=1S/C14H13ClN2O/c1-9-13(15)16-8-17-14(9)18-12-6-5-10-3-2-4-11(10)7-12/h5-8H,2-4H2,1H3. The predicted octanol–water partition coefficient (Wildman–Crippen LogP) is 3.72. The van der Waals surface area contributed by atoms with Crippen molar-refractivity contribution in [1.29, 1.82) is 0 Å². The molecule has 0 radical (unpaired) electrons. The Hall–Kier alpha value is -1.61. The lowest BCUT2D eigenvalue weighted by atomic mass is 10.1. The Bertz CT molecular complexity index is 598. The van der Waals surface area contributed by atoms with Crippen LogP contribution in [-0.4, -0.2) is 9.97 Å². The fourth-order valence-corrected chi connectivity index (χ4v) is 2.36. The first-order valence-corrected chi connectivity index (χ1v) is 6.38. The van der Waals surface area contributed by atoms with E-state index in [1.165, 1.54) is 30.3 Å². The summed E-state index contributed by atoms with van der Waals surface area (Å²) in [4.78, 5) is 8.02. The van der Waals surface area contributed by atoms with Gasteiger partial charge in [0, 0.05) is 5.56 Å². The van der Waals surface area contributed by atoms with Crippen LogP contribution in [0.3, 0.4) is 0 Å². The summed E-state index contributed by atoms with van der Waals surface area (Å²) in [6.07, 6.45) is 4.96. The molecule has 4 heteroatoms. The summed E-state index contributed by atoms with van der Waals surface area (Å²) in [7, 11) is 0. The monoisotopic (exact) mass is 260 g/mol. The van der Waals surface area contributed by atoms with Gasteiger partial charge in [-0.25, -0.2) is 9.97 Å². The van der Waals surface area contributed by atoms with Gasteiger partial charge < -0.3 is 4.74 Å². The Morgan fingerprint density at radius 2 is 2.00 bits per heavy atom. The van der Waals surface area contributed by atoms with Crippen molar-refractivity contribution in [2.24, 2.45) is 0 Å². The first-order chi connectivity index (χ1) is 8.74. The van der Waals surface area contributed by atoms with Gasteiger partial charge in [-0.2, -0.15) is 0 Å². The third-order valence-corrected chi connectivity index (χ3v) is 3.64. The molecule has 0 bridgehead atoms. The minimum Gasteiger partial charge on any atom is -0.439 e. The van der Waals surface area contributed by atoms with Gasteiger partial charge in [-0.05, 0) is 49.4 Å². The van der Waals surface area contributed by atoms with Gasteiger partial charge in [0.25, 0.3) is 0 Å². The average molecular weight is 261 g/mol. The van der Waals surface area contributed by atoms with Crippen LogP contribution in [0.15, 0.2) is 24.5 Å². The molecule has 92 valence electrons. The van der Waals surface area contributed by atoms with E-state index in [9.17, 15) is 0 Å². The Kier molecular flexibility index (Phi) is 2.92. The minimum absolute atomic E-state index is 0.432. The smallest absolute Gasteiger partial charge is 0.226 e. The molecule has 0 amide bonds. The zero-order chi connectivity index (χ0) is 12.5. The number of fused-ring (bicyclic) bond motifs is 1. The van der Waals surface area contributed by atoms with E-state index in [1.807, 2.05) is 13.0 Å². The topological polar surface area (TPSA) is 35.0 Å². The molecule has 0 unspecified atom stereocenters. The molecule has 18 heavy (non-hydrogen) atoms. The van der Waals surface area contributed by atoms with Crippen molar-refractivity contribution in [2.45, 2.75) is 26.2 Å². The van der Waals surface area contributed by atoms with Crippen molar-refractivity contribution in [2.75, 3.05) is 0 Å². The molecule has 1 aromatic carbocycles. The molecule has 0 aliphatic heterocycles. The molecule has 3 nitrogen and oxygen atoms in total. The van der Waals surface area contributed by atoms with Crippen molar-refractivity contribution in [3.8, 4) is 11.6 Å². The van der Waals surface area contributed by atoms with Crippen LogP contribution in [0, 0.1) is 6.92 Å². The fourth-order valence-electron chi connectivity index (χ4n) is 2.24. The number of aromatic nitrogens is 2. The molecular formula is C14H13ClN2O. The van der Waals surface area contributed by atoms with Crippen molar-refractivity contribution in [3.05, 3.63) is 46.4 Å². The van der Waals surface area contributed by atoms with Gasteiger partial charge in [-0.1, -0.05) is 17.7 Å². The van der Waals surface area contributed by atoms with Crippen LogP contribution in [0.2, 0.25) is 5.15 Å². The van der Waals surface area contributed by atoms with Crippen LogP contribution in [0.25, 0.3) is 0 Å². The highest BCUT2D eigenvalue weighted by atomic mass is 35.5. The molecule has 2 aromatic rings. The number of hydrogen-bond acceptors (Lipinski definition) is 3. The maximum absolute atomic E-state index is 5.94. The highest BCUT2D eigenvalue weighted by Crippen LogP contribution is 2.30. The lowest BCUT2D eigenvalue weighted by Gasteiger charge is -2.09. The maximum Gasteiger partial charge on any atom is 0.226 e. The number of aryl methyl sites for hydroxylation is 2. The first-order valence-electron chi connectivity index (χ1n) is 6.01. The van der Waals surface area contributed by atoms with Gasteiger partial charge in [-0.15, -0.1) is 0 Å². The second kappa shape index (κ2) is 4.58. The highest BCUT2D eigenvalue weighted by Gasteiger charge is 2.13. The van der Waals surface area contributed by atoms with Crippen LogP contribution in [0.1, 0.15) is 23.1 Å². The molecule has 0 saturated heterocycles. The average Bonchev–Trinajstić information content (AvgIpc) is 2.82.